The number of benzene rings is 1. The molecule has 2 aromatic rings. The van der Waals surface area contributed by atoms with Gasteiger partial charge >= 0.3 is 6.09 Å². The topological polar surface area (TPSA) is 143 Å². The number of amides is 2. The Balaban J connectivity index is 1.26. The lowest BCUT2D eigenvalue weighted by molar-refractivity contribution is -0.118. The van der Waals surface area contributed by atoms with Gasteiger partial charge in [-0.15, -0.1) is 0 Å². The molecule has 2 aliphatic carbocycles. The van der Waals surface area contributed by atoms with Gasteiger partial charge in [0.1, 0.15) is 17.6 Å². The van der Waals surface area contributed by atoms with Crippen molar-refractivity contribution in [2.75, 3.05) is 11.9 Å². The van der Waals surface area contributed by atoms with Crippen molar-refractivity contribution in [2.45, 2.75) is 63.5 Å². The van der Waals surface area contributed by atoms with Gasteiger partial charge in [-0.1, -0.05) is 0 Å². The molecular weight excluding hydrogens is 428 g/mol. The number of hydrogen-bond donors (Lipinski definition) is 4. The smallest absolute Gasteiger partial charge is 0.407 e. The molecule has 0 aliphatic heterocycles. The minimum absolute atomic E-state index is 0.00613. The van der Waals surface area contributed by atoms with Crippen molar-refractivity contribution in [3.05, 3.63) is 35.0 Å². The van der Waals surface area contributed by atoms with Crippen LogP contribution in [0.1, 0.15) is 66.6 Å². The summed E-state index contributed by atoms with van der Waals surface area (Å²) >= 11 is 0. The van der Waals surface area contributed by atoms with Gasteiger partial charge < -0.3 is 25.2 Å². The Labute approximate surface area is 191 Å². The first-order valence-electron chi connectivity index (χ1n) is 11.0. The van der Waals surface area contributed by atoms with Crippen LogP contribution in [-0.4, -0.2) is 51.8 Å². The number of nitrogens with zero attached hydrogens (tertiary/aromatic N) is 1. The molecule has 2 fully saturated rings. The second kappa shape index (κ2) is 9.13. The maximum Gasteiger partial charge on any atom is 0.407 e. The summed E-state index contributed by atoms with van der Waals surface area (Å²) in [6.45, 7) is 3.40. The van der Waals surface area contributed by atoms with Crippen LogP contribution in [0, 0.1) is 6.92 Å². The molecule has 2 saturated carbocycles. The Bertz CT molecular complexity index is 1060. The second-order valence-corrected chi connectivity index (χ2v) is 9.08. The number of aldehydes is 1. The van der Waals surface area contributed by atoms with E-state index in [1.54, 1.807) is 19.1 Å². The molecule has 4 rings (SSSR count). The van der Waals surface area contributed by atoms with Crippen LogP contribution in [0.4, 0.5) is 10.6 Å². The third kappa shape index (κ3) is 5.63. The lowest BCUT2D eigenvalue weighted by atomic mass is 10.0. The maximum absolute atomic E-state index is 12.3. The van der Waals surface area contributed by atoms with Crippen LogP contribution in [0.2, 0.25) is 0 Å². The van der Waals surface area contributed by atoms with Crippen LogP contribution in [0.25, 0.3) is 0 Å². The number of H-pyrrole nitrogens is 1. The lowest BCUT2D eigenvalue weighted by Gasteiger charge is -2.16. The predicted octanol–water partition coefficient (Wildman–Crippen LogP) is 3.17. The SMILES string of the molecule is Cc1cc(O)c(C=O)c(OCC(=O)Nc2cc([C@H]3CC[C@@H](OC(=O)NC4(C)CC4)C3)[nH]n2)c1. The van der Waals surface area contributed by atoms with Gasteiger partial charge in [0.05, 0.1) is 5.56 Å². The number of anilines is 1. The first kappa shape index (κ1) is 22.6. The average molecular weight is 456 g/mol. The molecule has 2 amide bonds. The van der Waals surface area contributed by atoms with Crippen molar-refractivity contribution in [1.29, 1.82) is 0 Å². The molecule has 0 unspecified atom stereocenters. The van der Waals surface area contributed by atoms with Gasteiger partial charge in [0.2, 0.25) is 0 Å². The normalized spacial score (nSPS) is 20.7. The summed E-state index contributed by atoms with van der Waals surface area (Å²) in [6, 6.07) is 4.78. The van der Waals surface area contributed by atoms with E-state index in [9.17, 15) is 19.5 Å². The third-order valence-electron chi connectivity index (χ3n) is 6.11. The fourth-order valence-corrected chi connectivity index (χ4v) is 3.99. The number of carbonyl (C=O) groups is 3. The van der Waals surface area contributed by atoms with Gasteiger partial charge in [0.25, 0.3) is 5.91 Å². The van der Waals surface area contributed by atoms with Crippen LogP contribution < -0.4 is 15.4 Å². The fourth-order valence-electron chi connectivity index (χ4n) is 3.99. The van der Waals surface area contributed by atoms with Gasteiger partial charge in [-0.2, -0.15) is 5.10 Å². The largest absolute Gasteiger partial charge is 0.507 e. The molecular formula is C23H28N4O6. The standard InChI is InChI=1S/C23H28N4O6/c1-13-7-18(29)16(11-28)19(8-13)32-12-21(30)24-20-10-17(26-27-20)14-3-4-15(9-14)33-22(31)25-23(2)5-6-23/h7-8,10-11,14-15,29H,3-6,9,12H2,1-2H3,(H,25,31)(H2,24,26,27,30)/t14-,15+/m0/s1. The second-order valence-electron chi connectivity index (χ2n) is 9.08. The third-order valence-corrected chi connectivity index (χ3v) is 6.11. The Hall–Kier alpha value is -3.56. The highest BCUT2D eigenvalue weighted by molar-refractivity contribution is 5.91. The number of nitrogens with one attached hydrogen (secondary N) is 3. The zero-order chi connectivity index (χ0) is 23.6. The van der Waals surface area contributed by atoms with E-state index in [-0.39, 0.29) is 47.3 Å². The number of aromatic hydroxyl groups is 1. The van der Waals surface area contributed by atoms with E-state index >= 15 is 0 Å². The van der Waals surface area contributed by atoms with Crippen LogP contribution in [-0.2, 0) is 9.53 Å². The zero-order valence-electron chi connectivity index (χ0n) is 18.6. The number of ether oxygens (including phenoxy) is 2. The summed E-state index contributed by atoms with van der Waals surface area (Å²) in [5.41, 5.74) is 1.44. The van der Waals surface area contributed by atoms with Gasteiger partial charge in [0, 0.05) is 23.2 Å². The number of aryl methyl sites for hydroxylation is 1. The summed E-state index contributed by atoms with van der Waals surface area (Å²) in [6.07, 6.45) is 4.24. The number of phenolic OH excluding ortho intramolecular Hbond substituents is 1. The number of aromatic amines is 1. The predicted molar refractivity (Wildman–Crippen MR) is 119 cm³/mol. The molecule has 2 aliphatic rings. The van der Waals surface area contributed by atoms with Crippen molar-refractivity contribution in [3.8, 4) is 11.5 Å². The van der Waals surface area contributed by atoms with Gasteiger partial charge in [-0.25, -0.2) is 4.79 Å². The zero-order valence-corrected chi connectivity index (χ0v) is 18.6. The lowest BCUT2D eigenvalue weighted by Crippen LogP contribution is -2.36. The molecule has 0 bridgehead atoms. The molecule has 10 nitrogen and oxygen atoms in total. The van der Waals surface area contributed by atoms with Crippen LogP contribution in [0.3, 0.4) is 0 Å². The van der Waals surface area contributed by atoms with E-state index in [4.69, 9.17) is 9.47 Å². The van der Waals surface area contributed by atoms with Crippen LogP contribution >= 0.6 is 0 Å². The average Bonchev–Trinajstić information content (AvgIpc) is 3.13. The number of carbonyl (C=O) groups excluding carboxylic acids is 3. The van der Waals surface area contributed by atoms with Crippen LogP contribution in [0.5, 0.6) is 11.5 Å². The molecule has 1 heterocycles. The number of phenols is 1. The van der Waals surface area contributed by atoms with Crippen molar-refractivity contribution in [3.63, 3.8) is 0 Å². The molecule has 1 aromatic carbocycles. The highest BCUT2D eigenvalue weighted by Crippen LogP contribution is 2.37. The molecule has 0 radical (unpaired) electrons. The highest BCUT2D eigenvalue weighted by atomic mass is 16.6. The molecule has 176 valence electrons. The summed E-state index contributed by atoms with van der Waals surface area (Å²) < 4.78 is 11.0. The first-order chi connectivity index (χ1) is 15.7. The minimum Gasteiger partial charge on any atom is -0.507 e. The number of hydrogen-bond acceptors (Lipinski definition) is 7. The van der Waals surface area contributed by atoms with Crippen LogP contribution in [0.15, 0.2) is 18.2 Å². The summed E-state index contributed by atoms with van der Waals surface area (Å²) in [5, 5.41) is 22.5. The fraction of sp³-hybridized carbons (Fsp3) is 0.478. The first-order valence-corrected chi connectivity index (χ1v) is 11.0. The highest BCUT2D eigenvalue weighted by Gasteiger charge is 2.40. The summed E-state index contributed by atoms with van der Waals surface area (Å²) in [7, 11) is 0. The monoisotopic (exact) mass is 456 g/mol. The summed E-state index contributed by atoms with van der Waals surface area (Å²) in [5.74, 6) is -0.0135. The molecule has 1 aromatic heterocycles. The molecule has 0 saturated heterocycles. The Kier molecular flexibility index (Phi) is 6.26. The van der Waals surface area contributed by atoms with Crippen molar-refractivity contribution >= 4 is 24.1 Å². The molecule has 33 heavy (non-hydrogen) atoms. The molecule has 2 atom stereocenters. The number of rotatable bonds is 8. The van der Waals surface area contributed by atoms with Gasteiger partial charge in [0.15, 0.2) is 18.7 Å². The van der Waals surface area contributed by atoms with Gasteiger partial charge in [-0.05, 0) is 63.6 Å². The quantitative estimate of drug-likeness (QED) is 0.447. The van der Waals surface area contributed by atoms with E-state index in [0.29, 0.717) is 24.1 Å². The van der Waals surface area contributed by atoms with Crippen molar-refractivity contribution in [2.24, 2.45) is 0 Å². The Morgan fingerprint density at radius 1 is 1.30 bits per heavy atom. The van der Waals surface area contributed by atoms with E-state index < -0.39 is 5.91 Å². The molecule has 4 N–H and O–H groups in total. The van der Waals surface area contributed by atoms with Gasteiger partial charge in [-0.3, -0.25) is 14.7 Å². The molecule has 10 heteroatoms. The van der Waals surface area contributed by atoms with E-state index in [2.05, 4.69) is 20.8 Å². The van der Waals surface area contributed by atoms with Crippen molar-refractivity contribution < 1.29 is 29.0 Å². The summed E-state index contributed by atoms with van der Waals surface area (Å²) in [4.78, 5) is 35.5. The number of alkyl carbamates (subject to hydrolysis) is 1. The van der Waals surface area contributed by atoms with E-state index in [1.165, 1.54) is 6.07 Å². The van der Waals surface area contributed by atoms with Crippen molar-refractivity contribution in [1.82, 2.24) is 15.5 Å². The Morgan fingerprint density at radius 3 is 2.82 bits per heavy atom. The van der Waals surface area contributed by atoms with E-state index in [1.807, 2.05) is 6.92 Å². The molecule has 0 spiro atoms. The minimum atomic E-state index is -0.455. The maximum atomic E-state index is 12.3. The van der Waals surface area contributed by atoms with E-state index in [0.717, 1.165) is 31.4 Å². The number of aromatic nitrogens is 2. The Morgan fingerprint density at radius 2 is 2.09 bits per heavy atom.